The van der Waals surface area contributed by atoms with Crippen LogP contribution in [0.3, 0.4) is 0 Å². The van der Waals surface area contributed by atoms with E-state index in [-0.39, 0.29) is 0 Å². The van der Waals surface area contributed by atoms with Gasteiger partial charge in [0.25, 0.3) is 0 Å². The Morgan fingerprint density at radius 2 is 2.14 bits per heavy atom. The lowest BCUT2D eigenvalue weighted by Gasteiger charge is -2.01. The van der Waals surface area contributed by atoms with Crippen molar-refractivity contribution >= 4 is 6.08 Å². The van der Waals surface area contributed by atoms with E-state index in [2.05, 4.69) is 49.0 Å². The van der Waals surface area contributed by atoms with Crippen molar-refractivity contribution in [2.75, 3.05) is 6.61 Å². The van der Waals surface area contributed by atoms with Crippen LogP contribution in [0.1, 0.15) is 23.1 Å². The minimum absolute atomic E-state index is 0.571. The summed E-state index contributed by atoms with van der Waals surface area (Å²) in [6.07, 6.45) is 5.04. The van der Waals surface area contributed by atoms with Gasteiger partial charge in [0, 0.05) is 0 Å². The first kappa shape index (κ1) is 11.0. The SMILES string of the molecule is Cc1ccc(C)c(/C=C/CCON)c1. The third kappa shape index (κ3) is 3.32. The highest BCUT2D eigenvalue weighted by Gasteiger charge is 1.93. The van der Waals surface area contributed by atoms with Crippen molar-refractivity contribution in [1.29, 1.82) is 0 Å². The maximum Gasteiger partial charge on any atom is 0.0713 e. The van der Waals surface area contributed by atoms with Crippen molar-refractivity contribution in [1.82, 2.24) is 0 Å². The lowest BCUT2D eigenvalue weighted by molar-refractivity contribution is 0.143. The number of hydrogen-bond donors (Lipinski definition) is 1. The van der Waals surface area contributed by atoms with Gasteiger partial charge >= 0.3 is 0 Å². The van der Waals surface area contributed by atoms with Crippen molar-refractivity contribution in [2.45, 2.75) is 20.3 Å². The highest BCUT2D eigenvalue weighted by Crippen LogP contribution is 2.12. The third-order valence-electron chi connectivity index (χ3n) is 2.13. The molecule has 1 aromatic carbocycles. The molecule has 0 aliphatic rings. The Balaban J connectivity index is 2.65. The molecule has 0 bridgehead atoms. The summed E-state index contributed by atoms with van der Waals surface area (Å²) in [7, 11) is 0. The molecule has 1 aromatic rings. The molecule has 76 valence electrons. The predicted octanol–water partition coefficient (Wildman–Crippen LogP) is 2.60. The Morgan fingerprint density at radius 1 is 1.36 bits per heavy atom. The van der Waals surface area contributed by atoms with Gasteiger partial charge in [-0.2, -0.15) is 0 Å². The van der Waals surface area contributed by atoms with Gasteiger partial charge in [-0.15, -0.1) is 0 Å². The van der Waals surface area contributed by atoms with E-state index in [0.29, 0.717) is 6.61 Å². The smallest absolute Gasteiger partial charge is 0.0713 e. The zero-order chi connectivity index (χ0) is 10.4. The Labute approximate surface area is 85.3 Å². The van der Waals surface area contributed by atoms with E-state index >= 15 is 0 Å². The summed E-state index contributed by atoms with van der Waals surface area (Å²) < 4.78 is 0. The third-order valence-corrected chi connectivity index (χ3v) is 2.13. The second-order valence-corrected chi connectivity index (χ2v) is 3.42. The molecule has 2 heteroatoms. The molecule has 0 amide bonds. The maximum absolute atomic E-state index is 4.93. The molecule has 0 aliphatic heterocycles. The van der Waals surface area contributed by atoms with E-state index in [1.165, 1.54) is 16.7 Å². The summed E-state index contributed by atoms with van der Waals surface area (Å²) in [5.74, 6) is 4.93. The van der Waals surface area contributed by atoms with Crippen LogP contribution in [0.25, 0.3) is 6.08 Å². The highest BCUT2D eigenvalue weighted by atomic mass is 16.6. The Morgan fingerprint density at radius 3 is 2.86 bits per heavy atom. The van der Waals surface area contributed by atoms with Gasteiger partial charge in [0.1, 0.15) is 0 Å². The van der Waals surface area contributed by atoms with Crippen molar-refractivity contribution in [3.63, 3.8) is 0 Å². The average molecular weight is 191 g/mol. The van der Waals surface area contributed by atoms with Gasteiger partial charge in [0.2, 0.25) is 0 Å². The van der Waals surface area contributed by atoms with Gasteiger partial charge in [0.15, 0.2) is 0 Å². The van der Waals surface area contributed by atoms with Crippen molar-refractivity contribution in [2.24, 2.45) is 5.90 Å². The van der Waals surface area contributed by atoms with Gasteiger partial charge in [-0.05, 0) is 31.4 Å². The van der Waals surface area contributed by atoms with Crippen LogP contribution in [-0.4, -0.2) is 6.61 Å². The van der Waals surface area contributed by atoms with E-state index in [1.54, 1.807) is 0 Å². The fourth-order valence-corrected chi connectivity index (χ4v) is 1.29. The summed E-state index contributed by atoms with van der Waals surface area (Å²) in [6.45, 7) is 4.78. The molecule has 0 unspecified atom stereocenters. The molecule has 0 saturated heterocycles. The monoisotopic (exact) mass is 191 g/mol. The average Bonchev–Trinajstić information content (AvgIpc) is 2.18. The van der Waals surface area contributed by atoms with Crippen LogP contribution in [0, 0.1) is 13.8 Å². The second-order valence-electron chi connectivity index (χ2n) is 3.42. The van der Waals surface area contributed by atoms with Gasteiger partial charge in [-0.1, -0.05) is 35.9 Å². The molecule has 2 N–H and O–H groups in total. The number of rotatable bonds is 4. The Hall–Kier alpha value is -1.12. The van der Waals surface area contributed by atoms with Crippen molar-refractivity contribution < 1.29 is 4.84 Å². The number of benzene rings is 1. The lowest BCUT2D eigenvalue weighted by Crippen LogP contribution is -1.98. The molecule has 2 nitrogen and oxygen atoms in total. The van der Waals surface area contributed by atoms with E-state index in [1.807, 2.05) is 0 Å². The van der Waals surface area contributed by atoms with Gasteiger partial charge in [0.05, 0.1) is 6.61 Å². The minimum Gasteiger partial charge on any atom is -0.304 e. The fourth-order valence-electron chi connectivity index (χ4n) is 1.29. The summed E-state index contributed by atoms with van der Waals surface area (Å²) in [5, 5.41) is 0. The van der Waals surface area contributed by atoms with Gasteiger partial charge in [-0.25, -0.2) is 5.90 Å². The Bertz CT molecular complexity index is 318. The molecule has 1 rings (SSSR count). The molecule has 0 radical (unpaired) electrons. The van der Waals surface area contributed by atoms with E-state index in [9.17, 15) is 0 Å². The molecule has 0 aliphatic carbocycles. The van der Waals surface area contributed by atoms with Crippen molar-refractivity contribution in [3.05, 3.63) is 41.0 Å². The molecule has 0 saturated carbocycles. The van der Waals surface area contributed by atoms with Crippen LogP contribution >= 0.6 is 0 Å². The first-order valence-electron chi connectivity index (χ1n) is 4.79. The fraction of sp³-hybridized carbons (Fsp3) is 0.333. The first-order chi connectivity index (χ1) is 6.74. The molecule has 0 atom stereocenters. The normalized spacial score (nSPS) is 11.1. The maximum atomic E-state index is 4.93. The first-order valence-corrected chi connectivity index (χ1v) is 4.79. The summed E-state index contributed by atoms with van der Waals surface area (Å²) in [4.78, 5) is 4.48. The van der Waals surface area contributed by atoms with Crippen LogP contribution in [0.15, 0.2) is 24.3 Å². The summed E-state index contributed by atoms with van der Waals surface area (Å²) in [5.41, 5.74) is 3.84. The van der Waals surface area contributed by atoms with E-state index < -0.39 is 0 Å². The zero-order valence-electron chi connectivity index (χ0n) is 8.79. The molecular formula is C12H17NO. The number of aryl methyl sites for hydroxylation is 2. The quantitative estimate of drug-likeness (QED) is 0.586. The van der Waals surface area contributed by atoms with Crippen LogP contribution in [-0.2, 0) is 4.84 Å². The molecule has 0 spiro atoms. The predicted molar refractivity (Wildman–Crippen MR) is 59.7 cm³/mol. The molecule has 0 heterocycles. The zero-order valence-corrected chi connectivity index (χ0v) is 8.79. The van der Waals surface area contributed by atoms with Crippen LogP contribution in [0.4, 0.5) is 0 Å². The molecule has 0 fully saturated rings. The van der Waals surface area contributed by atoms with Gasteiger partial charge in [-0.3, -0.25) is 0 Å². The van der Waals surface area contributed by atoms with Crippen LogP contribution in [0.2, 0.25) is 0 Å². The summed E-state index contributed by atoms with van der Waals surface area (Å²) in [6, 6.07) is 6.43. The largest absolute Gasteiger partial charge is 0.304 e. The Kier molecular flexibility index (Phi) is 4.36. The van der Waals surface area contributed by atoms with E-state index in [0.717, 1.165) is 6.42 Å². The van der Waals surface area contributed by atoms with E-state index in [4.69, 9.17) is 5.90 Å². The van der Waals surface area contributed by atoms with Crippen LogP contribution < -0.4 is 5.90 Å². The molecular weight excluding hydrogens is 174 g/mol. The van der Waals surface area contributed by atoms with Crippen molar-refractivity contribution in [3.8, 4) is 0 Å². The standard InChI is InChI=1S/C12H17NO/c1-10-6-7-11(2)12(9-10)5-3-4-8-14-13/h3,5-7,9H,4,8,13H2,1-2H3/b5-3+. The minimum atomic E-state index is 0.571. The highest BCUT2D eigenvalue weighted by molar-refractivity contribution is 5.54. The number of hydrogen-bond acceptors (Lipinski definition) is 2. The van der Waals surface area contributed by atoms with Crippen LogP contribution in [0.5, 0.6) is 0 Å². The molecule has 0 aromatic heterocycles. The topological polar surface area (TPSA) is 35.2 Å². The summed E-state index contributed by atoms with van der Waals surface area (Å²) >= 11 is 0. The molecule has 14 heavy (non-hydrogen) atoms. The lowest BCUT2D eigenvalue weighted by atomic mass is 10.1. The second kappa shape index (κ2) is 5.58. The number of nitrogens with two attached hydrogens (primary N) is 1. The van der Waals surface area contributed by atoms with Gasteiger partial charge < -0.3 is 4.84 Å².